The summed E-state index contributed by atoms with van der Waals surface area (Å²) in [5.74, 6) is 5.36. The number of benzene rings is 1. The summed E-state index contributed by atoms with van der Waals surface area (Å²) >= 11 is 0. The van der Waals surface area contributed by atoms with Crippen LogP contribution >= 0.6 is 0 Å². The van der Waals surface area contributed by atoms with Gasteiger partial charge in [0, 0.05) is 0 Å². The number of hydrogen-bond donors (Lipinski definition) is 0. The normalized spacial score (nSPS) is 6.71. The van der Waals surface area contributed by atoms with Crippen LogP contribution in [-0.4, -0.2) is 0 Å². The summed E-state index contributed by atoms with van der Waals surface area (Å²) in [4.78, 5) is 0. The van der Waals surface area contributed by atoms with E-state index < -0.39 is 0 Å². The second kappa shape index (κ2) is 11.8. The van der Waals surface area contributed by atoms with Gasteiger partial charge in [-0.15, -0.1) is 11.8 Å². The molecule has 0 N–H and O–H groups in total. The minimum atomic E-state index is 1.33. The zero-order chi connectivity index (χ0) is 11.4. The maximum absolute atomic E-state index is 2.68. The molecule has 0 spiro atoms. The second-order valence-corrected chi connectivity index (χ2v) is 2.65. The highest BCUT2D eigenvalue weighted by molar-refractivity contribution is 5.19. The van der Waals surface area contributed by atoms with E-state index in [1.807, 2.05) is 27.7 Å². The molecule has 1 rings (SSSR count). The third-order valence-electron chi connectivity index (χ3n) is 1.47. The molecule has 0 aliphatic heterocycles. The van der Waals surface area contributed by atoms with Crippen LogP contribution < -0.4 is 0 Å². The van der Waals surface area contributed by atoms with E-state index >= 15 is 0 Å². The van der Waals surface area contributed by atoms with Gasteiger partial charge in [-0.05, 0) is 27.7 Å². The molecule has 0 aromatic heterocycles. The third kappa shape index (κ3) is 10.8. The highest BCUT2D eigenvalue weighted by Crippen LogP contribution is 1.99. The molecule has 0 bridgehead atoms. The Kier molecular flexibility index (Phi) is 12.8. The Morgan fingerprint density at radius 1 is 0.714 bits per heavy atom. The molecule has 0 saturated heterocycles. The van der Waals surface area contributed by atoms with Crippen LogP contribution in [0, 0.1) is 25.7 Å². The number of rotatable bonds is 0. The number of aryl methyl sites for hydroxylation is 2. The lowest BCUT2D eigenvalue weighted by Gasteiger charge is -1.90. The van der Waals surface area contributed by atoms with Gasteiger partial charge in [0.15, 0.2) is 0 Å². The van der Waals surface area contributed by atoms with Crippen molar-refractivity contribution < 1.29 is 0 Å². The van der Waals surface area contributed by atoms with Crippen LogP contribution in [0.5, 0.6) is 0 Å². The fraction of sp³-hybridized carbons (Fsp3) is 0.429. The van der Waals surface area contributed by atoms with Crippen molar-refractivity contribution in [2.45, 2.75) is 41.5 Å². The topological polar surface area (TPSA) is 0 Å². The third-order valence-corrected chi connectivity index (χ3v) is 1.47. The Hall–Kier alpha value is -1.22. The van der Waals surface area contributed by atoms with Crippen LogP contribution in [0.25, 0.3) is 0 Å². The van der Waals surface area contributed by atoms with Gasteiger partial charge >= 0.3 is 0 Å². The highest BCUT2D eigenvalue weighted by Gasteiger charge is 1.79. The zero-order valence-electron chi connectivity index (χ0n) is 10.3. The first-order chi connectivity index (χ1) is 6.70. The van der Waals surface area contributed by atoms with Crippen molar-refractivity contribution >= 4 is 0 Å². The van der Waals surface area contributed by atoms with Crippen molar-refractivity contribution in [3.8, 4) is 11.8 Å². The summed E-state index contributed by atoms with van der Waals surface area (Å²) in [5.41, 5.74) is 2.66. The average Bonchev–Trinajstić information content (AvgIpc) is 2.26. The molecule has 0 heterocycles. The lowest BCUT2D eigenvalue weighted by molar-refractivity contribution is 1.40. The molecule has 0 saturated carbocycles. The minimum Gasteiger partial charge on any atom is -0.107 e. The Morgan fingerprint density at radius 3 is 1.07 bits per heavy atom. The molecular weight excluding hydrogens is 168 g/mol. The summed E-state index contributed by atoms with van der Waals surface area (Å²) < 4.78 is 0. The van der Waals surface area contributed by atoms with Crippen molar-refractivity contribution in [1.82, 2.24) is 0 Å². The van der Waals surface area contributed by atoms with E-state index in [0.717, 1.165) is 0 Å². The summed E-state index contributed by atoms with van der Waals surface area (Å²) in [7, 11) is 0. The van der Waals surface area contributed by atoms with Crippen molar-refractivity contribution in [2.75, 3.05) is 0 Å². The van der Waals surface area contributed by atoms with Crippen molar-refractivity contribution in [3.05, 3.63) is 35.4 Å². The summed E-state index contributed by atoms with van der Waals surface area (Å²) in [6.07, 6.45) is 0. The lowest BCUT2D eigenvalue weighted by Crippen LogP contribution is -1.70. The molecule has 0 unspecified atom stereocenters. The summed E-state index contributed by atoms with van der Waals surface area (Å²) in [5, 5.41) is 0. The van der Waals surface area contributed by atoms with Crippen LogP contribution in [0.3, 0.4) is 0 Å². The van der Waals surface area contributed by atoms with Gasteiger partial charge in [0.25, 0.3) is 0 Å². The molecule has 1 aromatic carbocycles. The molecule has 0 nitrogen and oxygen atoms in total. The van der Waals surface area contributed by atoms with E-state index in [1.165, 1.54) is 11.1 Å². The molecule has 0 atom stereocenters. The molecule has 78 valence electrons. The van der Waals surface area contributed by atoms with Crippen LogP contribution in [0.2, 0.25) is 0 Å². The van der Waals surface area contributed by atoms with Crippen LogP contribution in [0.1, 0.15) is 38.8 Å². The second-order valence-electron chi connectivity index (χ2n) is 2.65. The largest absolute Gasteiger partial charge is 0.107 e. The maximum atomic E-state index is 2.68. The first kappa shape index (κ1) is 15.3. The van der Waals surface area contributed by atoms with Crippen molar-refractivity contribution in [1.29, 1.82) is 0 Å². The van der Waals surface area contributed by atoms with E-state index in [0.29, 0.717) is 0 Å². The monoisotopic (exact) mass is 190 g/mol. The van der Waals surface area contributed by atoms with Crippen molar-refractivity contribution in [3.63, 3.8) is 0 Å². The first-order valence-electron chi connectivity index (χ1n) is 5.07. The number of hydrogen-bond acceptors (Lipinski definition) is 0. The van der Waals surface area contributed by atoms with E-state index in [2.05, 4.69) is 50.0 Å². The summed E-state index contributed by atoms with van der Waals surface area (Å²) in [6, 6.07) is 8.48. The van der Waals surface area contributed by atoms with E-state index in [1.54, 1.807) is 0 Å². The van der Waals surface area contributed by atoms with Crippen molar-refractivity contribution in [2.24, 2.45) is 0 Å². The predicted octanol–water partition coefficient (Wildman–Crippen LogP) is 4.36. The fourth-order valence-electron chi connectivity index (χ4n) is 0.637. The molecule has 0 heteroatoms. The van der Waals surface area contributed by atoms with Gasteiger partial charge in [0.05, 0.1) is 0 Å². The molecule has 14 heavy (non-hydrogen) atoms. The average molecular weight is 190 g/mol. The van der Waals surface area contributed by atoms with Gasteiger partial charge in [-0.1, -0.05) is 49.2 Å². The van der Waals surface area contributed by atoms with Gasteiger partial charge in [-0.25, -0.2) is 0 Å². The first-order valence-corrected chi connectivity index (χ1v) is 5.07. The van der Waals surface area contributed by atoms with Crippen LogP contribution in [-0.2, 0) is 0 Å². The van der Waals surface area contributed by atoms with Crippen LogP contribution in [0.15, 0.2) is 24.3 Å². The van der Waals surface area contributed by atoms with Gasteiger partial charge in [0.1, 0.15) is 0 Å². The SMILES string of the molecule is CC.CC#CC.Cc1ccc(C)cc1. The lowest BCUT2D eigenvalue weighted by atomic mass is 10.2. The quantitative estimate of drug-likeness (QED) is 0.533. The Bertz CT molecular complexity index is 229. The smallest absolute Gasteiger partial charge is 0.00271 e. The van der Waals surface area contributed by atoms with Crippen LogP contribution in [0.4, 0.5) is 0 Å². The van der Waals surface area contributed by atoms with E-state index in [9.17, 15) is 0 Å². The molecule has 0 fully saturated rings. The van der Waals surface area contributed by atoms with E-state index in [-0.39, 0.29) is 0 Å². The minimum absolute atomic E-state index is 1.33. The summed E-state index contributed by atoms with van der Waals surface area (Å²) in [6.45, 7) is 11.8. The highest BCUT2D eigenvalue weighted by atomic mass is 13.9. The fourth-order valence-corrected chi connectivity index (χ4v) is 0.637. The Balaban J connectivity index is 0. The molecule has 0 aliphatic carbocycles. The van der Waals surface area contributed by atoms with Gasteiger partial charge < -0.3 is 0 Å². The van der Waals surface area contributed by atoms with Gasteiger partial charge in [-0.3, -0.25) is 0 Å². The Labute approximate surface area is 89.4 Å². The standard InChI is InChI=1S/C8H10.C4H6.C2H6/c1-7-3-5-8(2)6-4-7;1-3-4-2;1-2/h3-6H,1-2H3;1-2H3;1-2H3. The predicted molar refractivity (Wildman–Crippen MR) is 66.4 cm³/mol. The van der Waals surface area contributed by atoms with Gasteiger partial charge in [0.2, 0.25) is 0 Å². The maximum Gasteiger partial charge on any atom is -0.00271 e. The molecule has 0 radical (unpaired) electrons. The molecule has 1 aromatic rings. The molecular formula is C14H22. The molecule has 0 aliphatic rings. The molecule has 0 amide bonds. The zero-order valence-corrected chi connectivity index (χ0v) is 10.3. The van der Waals surface area contributed by atoms with Gasteiger partial charge in [-0.2, -0.15) is 0 Å². The Morgan fingerprint density at radius 2 is 0.929 bits per heavy atom. The van der Waals surface area contributed by atoms with E-state index in [4.69, 9.17) is 0 Å².